The second kappa shape index (κ2) is 4.41. The van der Waals surface area contributed by atoms with Crippen molar-refractivity contribution < 1.29 is 27.9 Å². The van der Waals surface area contributed by atoms with Gasteiger partial charge in [0, 0.05) is 0 Å². The Hall–Kier alpha value is -2.10. The Kier molecular flexibility index (Phi) is 3.36. The second-order valence-corrected chi connectivity index (χ2v) is 2.77. The summed E-state index contributed by atoms with van der Waals surface area (Å²) in [6, 6.07) is 0. The lowest BCUT2D eigenvalue weighted by molar-refractivity contribution is -0.386. The van der Waals surface area contributed by atoms with Gasteiger partial charge in [0.1, 0.15) is 0 Å². The van der Waals surface area contributed by atoms with E-state index in [1.54, 1.807) is 0 Å². The molecule has 7 nitrogen and oxygen atoms in total. The predicted octanol–water partition coefficient (Wildman–Crippen LogP) is 0.674. The minimum atomic E-state index is -5.19. The fourth-order valence-corrected chi connectivity index (χ4v) is 1.02. The van der Waals surface area contributed by atoms with Gasteiger partial charge in [0.15, 0.2) is 0 Å². The molecule has 0 unspecified atom stereocenters. The number of hydrogen-bond acceptors (Lipinski definition) is 5. The largest absolute Gasteiger partial charge is 0.573 e. The van der Waals surface area contributed by atoms with Gasteiger partial charge in [-0.2, -0.15) is 0 Å². The number of aromatic nitrogens is 1. The second-order valence-electron chi connectivity index (χ2n) is 2.77. The molecule has 17 heavy (non-hydrogen) atoms. The molecule has 1 heterocycles. The van der Waals surface area contributed by atoms with Crippen LogP contribution >= 0.6 is 0 Å². The molecule has 0 bridgehead atoms. The number of rotatable bonds is 3. The summed E-state index contributed by atoms with van der Waals surface area (Å²) in [7, 11) is 0. The van der Waals surface area contributed by atoms with Crippen molar-refractivity contribution in [3.8, 4) is 5.75 Å². The Balaban J connectivity index is 3.38. The molecule has 0 spiro atoms. The Morgan fingerprint density at radius 2 is 2.12 bits per heavy atom. The van der Waals surface area contributed by atoms with Crippen LogP contribution in [0.1, 0.15) is 5.69 Å². The molecule has 0 aliphatic rings. The van der Waals surface area contributed by atoms with Gasteiger partial charge < -0.3 is 14.8 Å². The van der Waals surface area contributed by atoms with Crippen molar-refractivity contribution in [1.82, 2.24) is 4.98 Å². The van der Waals surface area contributed by atoms with Gasteiger partial charge in [-0.3, -0.25) is 14.9 Å². The molecule has 94 valence electrons. The van der Waals surface area contributed by atoms with Crippen LogP contribution in [0.2, 0.25) is 0 Å². The lowest BCUT2D eigenvalue weighted by atomic mass is 10.3. The molecule has 10 heteroatoms. The van der Waals surface area contributed by atoms with Gasteiger partial charge >= 0.3 is 17.5 Å². The molecule has 0 aliphatic heterocycles. The Labute approximate surface area is 90.6 Å². The minimum Gasteiger partial charge on any atom is -0.399 e. The third-order valence-corrected chi connectivity index (χ3v) is 1.67. The maximum Gasteiger partial charge on any atom is 0.573 e. The first kappa shape index (κ1) is 13.0. The molecule has 0 aliphatic carbocycles. The van der Waals surface area contributed by atoms with Crippen LogP contribution < -0.4 is 10.2 Å². The molecular weight excluding hydrogens is 249 g/mol. The van der Waals surface area contributed by atoms with Crippen LogP contribution in [0.5, 0.6) is 5.75 Å². The summed E-state index contributed by atoms with van der Waals surface area (Å²) in [4.78, 5) is 22.4. The number of nitrogens with zero attached hydrogens (tertiary/aromatic N) is 1. The number of H-pyrrole nitrogens is 1. The molecule has 2 N–H and O–H groups in total. The summed E-state index contributed by atoms with van der Waals surface area (Å²) in [6.45, 7) is -0.960. The molecular formula is C7H5F3N2O5. The van der Waals surface area contributed by atoms with E-state index in [4.69, 9.17) is 5.11 Å². The number of aliphatic hydroxyl groups excluding tert-OH is 1. The minimum absolute atomic E-state index is 0.580. The zero-order valence-electron chi connectivity index (χ0n) is 7.95. The number of nitro groups is 1. The predicted molar refractivity (Wildman–Crippen MR) is 46.3 cm³/mol. The van der Waals surface area contributed by atoms with Gasteiger partial charge in [0.05, 0.1) is 23.4 Å². The molecule has 0 saturated heterocycles. The highest BCUT2D eigenvalue weighted by Crippen LogP contribution is 2.23. The summed E-state index contributed by atoms with van der Waals surface area (Å²) in [5, 5.41) is 19.0. The Bertz CT molecular complexity index is 495. The van der Waals surface area contributed by atoms with Crippen LogP contribution in [-0.4, -0.2) is 21.4 Å². The zero-order chi connectivity index (χ0) is 13.2. The van der Waals surface area contributed by atoms with Crippen molar-refractivity contribution in [3.05, 3.63) is 32.2 Å². The summed E-state index contributed by atoms with van der Waals surface area (Å²) in [5.74, 6) is -1.34. The average Bonchev–Trinajstić information content (AvgIpc) is 2.18. The molecule has 0 fully saturated rings. The van der Waals surface area contributed by atoms with E-state index >= 15 is 0 Å². The number of hydrogen-bond donors (Lipinski definition) is 2. The highest BCUT2D eigenvalue weighted by atomic mass is 19.4. The van der Waals surface area contributed by atoms with Gasteiger partial charge in [0.2, 0.25) is 5.75 Å². The van der Waals surface area contributed by atoms with E-state index in [0.717, 1.165) is 0 Å². The highest BCUT2D eigenvalue weighted by molar-refractivity contribution is 5.39. The summed E-state index contributed by atoms with van der Waals surface area (Å²) in [6.07, 6.45) is -4.61. The third kappa shape index (κ3) is 2.93. The SMILES string of the molecule is O=c1c([N+](=O)[O-])c[nH]c(CO)c1OC(F)(F)F. The Morgan fingerprint density at radius 3 is 2.53 bits per heavy atom. The summed E-state index contributed by atoms with van der Waals surface area (Å²) >= 11 is 0. The van der Waals surface area contributed by atoms with Crippen LogP contribution in [0, 0.1) is 10.1 Å². The lowest BCUT2D eigenvalue weighted by Crippen LogP contribution is -2.24. The van der Waals surface area contributed by atoms with Crippen molar-refractivity contribution in [1.29, 1.82) is 0 Å². The van der Waals surface area contributed by atoms with E-state index in [9.17, 15) is 28.1 Å². The van der Waals surface area contributed by atoms with Gasteiger partial charge in [-0.1, -0.05) is 0 Å². The number of aliphatic hydroxyl groups is 1. The molecule has 0 saturated carbocycles. The van der Waals surface area contributed by atoms with Crippen molar-refractivity contribution in [2.75, 3.05) is 0 Å². The molecule has 0 aromatic carbocycles. The maximum atomic E-state index is 11.9. The monoisotopic (exact) mass is 254 g/mol. The van der Waals surface area contributed by atoms with Crippen molar-refractivity contribution in [2.24, 2.45) is 0 Å². The molecule has 0 radical (unpaired) electrons. The number of ether oxygens (including phenoxy) is 1. The fourth-order valence-electron chi connectivity index (χ4n) is 1.02. The van der Waals surface area contributed by atoms with Crippen LogP contribution in [-0.2, 0) is 6.61 Å². The van der Waals surface area contributed by atoms with E-state index in [0.29, 0.717) is 6.20 Å². The normalized spacial score (nSPS) is 11.3. The van der Waals surface area contributed by atoms with Crippen LogP contribution in [0.4, 0.5) is 18.9 Å². The first-order valence-corrected chi connectivity index (χ1v) is 4.02. The first-order chi connectivity index (χ1) is 7.76. The highest BCUT2D eigenvalue weighted by Gasteiger charge is 2.35. The van der Waals surface area contributed by atoms with Gasteiger partial charge in [-0.25, -0.2) is 0 Å². The van der Waals surface area contributed by atoms with E-state index in [1.807, 2.05) is 4.98 Å². The standard InChI is InChI=1S/C7H5F3N2O5/c8-7(9,10)17-6-3(2-13)11-1-4(5(6)14)12(15)16/h1,13H,2H2,(H,11,14). The van der Waals surface area contributed by atoms with Gasteiger partial charge in [0.25, 0.3) is 0 Å². The van der Waals surface area contributed by atoms with Crippen LogP contribution in [0.15, 0.2) is 11.0 Å². The summed E-state index contributed by atoms with van der Waals surface area (Å²) in [5.41, 5.74) is -3.27. The molecule has 0 amide bonds. The van der Waals surface area contributed by atoms with Crippen LogP contribution in [0.3, 0.4) is 0 Å². The average molecular weight is 254 g/mol. The smallest absolute Gasteiger partial charge is 0.399 e. The number of alkyl halides is 3. The fraction of sp³-hybridized carbons (Fsp3) is 0.286. The van der Waals surface area contributed by atoms with E-state index in [-0.39, 0.29) is 0 Å². The molecule has 0 atom stereocenters. The van der Waals surface area contributed by atoms with Crippen molar-refractivity contribution in [3.63, 3.8) is 0 Å². The molecule has 1 aromatic heterocycles. The van der Waals surface area contributed by atoms with E-state index in [2.05, 4.69) is 4.74 Å². The topological polar surface area (TPSA) is 105 Å². The number of aromatic amines is 1. The van der Waals surface area contributed by atoms with Crippen molar-refractivity contribution >= 4 is 5.69 Å². The molecule has 1 aromatic rings. The summed E-state index contributed by atoms with van der Waals surface area (Å²) < 4.78 is 39.2. The number of halogens is 3. The van der Waals surface area contributed by atoms with Crippen molar-refractivity contribution in [2.45, 2.75) is 13.0 Å². The van der Waals surface area contributed by atoms with E-state index < -0.39 is 40.5 Å². The van der Waals surface area contributed by atoms with Gasteiger partial charge in [-0.05, 0) is 0 Å². The maximum absolute atomic E-state index is 11.9. The third-order valence-electron chi connectivity index (χ3n) is 1.67. The zero-order valence-corrected chi connectivity index (χ0v) is 7.95. The quantitative estimate of drug-likeness (QED) is 0.609. The van der Waals surface area contributed by atoms with E-state index in [1.165, 1.54) is 0 Å². The van der Waals surface area contributed by atoms with Gasteiger partial charge in [-0.15, -0.1) is 13.2 Å². The first-order valence-electron chi connectivity index (χ1n) is 4.02. The molecule has 1 rings (SSSR count). The lowest BCUT2D eigenvalue weighted by Gasteiger charge is -2.10. The Morgan fingerprint density at radius 1 is 1.53 bits per heavy atom. The number of nitrogens with one attached hydrogen (secondary N) is 1. The number of pyridine rings is 1. The van der Waals surface area contributed by atoms with Crippen LogP contribution in [0.25, 0.3) is 0 Å².